The highest BCUT2D eigenvalue weighted by atomic mass is 32.2. The summed E-state index contributed by atoms with van der Waals surface area (Å²) >= 11 is 0.911. The minimum Gasteiger partial charge on any atom is -0.371 e. The van der Waals surface area contributed by atoms with Crippen molar-refractivity contribution in [2.75, 3.05) is 25.0 Å². The molecule has 0 aliphatic carbocycles. The van der Waals surface area contributed by atoms with Gasteiger partial charge in [-0.15, -0.1) is 0 Å². The first kappa shape index (κ1) is 16.9. The Labute approximate surface area is 122 Å². The number of rotatable bonds is 8. The molecule has 1 aromatic rings. The van der Waals surface area contributed by atoms with Crippen molar-refractivity contribution < 1.29 is 13.3 Å². The van der Waals surface area contributed by atoms with E-state index in [0.29, 0.717) is 24.6 Å². The smallest absolute Gasteiger partial charge is 0.304 e. The van der Waals surface area contributed by atoms with Crippen molar-refractivity contribution in [2.24, 2.45) is 0 Å². The van der Waals surface area contributed by atoms with E-state index in [1.807, 2.05) is 6.92 Å². The molecule has 0 aliphatic heterocycles. The van der Waals surface area contributed by atoms with Gasteiger partial charge in [-0.3, -0.25) is 10.1 Å². The lowest BCUT2D eigenvalue weighted by Gasteiger charge is -2.16. The molecule has 0 spiro atoms. The molecular formula is C11H19N3O4S2. The Morgan fingerprint density at radius 2 is 1.95 bits per heavy atom. The summed E-state index contributed by atoms with van der Waals surface area (Å²) < 4.78 is 26.0. The number of hydrogen-bond donors (Lipinski definition) is 1. The summed E-state index contributed by atoms with van der Waals surface area (Å²) in [6.07, 6.45) is 0.799. The molecule has 0 fully saturated rings. The molecule has 114 valence electrons. The van der Waals surface area contributed by atoms with E-state index in [4.69, 9.17) is 0 Å². The number of nitrogens with zero attached hydrogens (tertiary/aromatic N) is 2. The molecule has 0 unspecified atom stereocenters. The molecule has 1 aromatic heterocycles. The van der Waals surface area contributed by atoms with Crippen molar-refractivity contribution in [2.45, 2.75) is 31.4 Å². The highest BCUT2D eigenvalue weighted by Crippen LogP contribution is 2.38. The highest BCUT2D eigenvalue weighted by molar-refractivity contribution is 7.91. The average molecular weight is 321 g/mol. The van der Waals surface area contributed by atoms with Crippen molar-refractivity contribution in [3.63, 3.8) is 0 Å². The Balaban J connectivity index is 3.23. The van der Waals surface area contributed by atoms with E-state index < -0.39 is 14.9 Å². The lowest BCUT2D eigenvalue weighted by Crippen LogP contribution is -2.29. The van der Waals surface area contributed by atoms with Gasteiger partial charge in [-0.1, -0.05) is 32.1 Å². The van der Waals surface area contributed by atoms with E-state index in [2.05, 4.69) is 5.32 Å². The molecule has 7 nitrogen and oxygen atoms in total. The Bertz CT molecular complexity index is 564. The van der Waals surface area contributed by atoms with Gasteiger partial charge in [0, 0.05) is 25.7 Å². The Morgan fingerprint density at radius 3 is 2.40 bits per heavy atom. The van der Waals surface area contributed by atoms with Crippen molar-refractivity contribution >= 4 is 32.0 Å². The van der Waals surface area contributed by atoms with Crippen molar-refractivity contribution in [3.05, 3.63) is 16.2 Å². The quantitative estimate of drug-likeness (QED) is 0.586. The van der Waals surface area contributed by atoms with Crippen LogP contribution in [0, 0.1) is 10.1 Å². The Hall–Kier alpha value is -1.19. The van der Waals surface area contributed by atoms with Crippen molar-refractivity contribution in [1.29, 1.82) is 0 Å². The first-order valence-corrected chi connectivity index (χ1v) is 8.66. The number of anilines is 1. The molecule has 1 rings (SSSR count). The largest absolute Gasteiger partial charge is 0.371 e. The van der Waals surface area contributed by atoms with Crippen LogP contribution >= 0.6 is 11.3 Å². The summed E-state index contributed by atoms with van der Waals surface area (Å²) in [7, 11) is -3.65. The molecule has 0 bridgehead atoms. The summed E-state index contributed by atoms with van der Waals surface area (Å²) in [6, 6.07) is 1.14. The van der Waals surface area contributed by atoms with Gasteiger partial charge in [-0.05, 0) is 6.42 Å². The van der Waals surface area contributed by atoms with Crippen LogP contribution in [0.15, 0.2) is 10.3 Å². The lowest BCUT2D eigenvalue weighted by molar-refractivity contribution is -0.383. The van der Waals surface area contributed by atoms with Crippen LogP contribution in [0.4, 0.5) is 10.7 Å². The number of hydrogen-bond acceptors (Lipinski definition) is 6. The minimum absolute atomic E-state index is 0.00602. The molecule has 0 atom stereocenters. The second kappa shape index (κ2) is 7.00. The number of nitro groups is 1. The summed E-state index contributed by atoms with van der Waals surface area (Å²) in [4.78, 5) is 10.4. The van der Waals surface area contributed by atoms with Gasteiger partial charge < -0.3 is 5.32 Å². The van der Waals surface area contributed by atoms with Crippen LogP contribution in [0.1, 0.15) is 27.2 Å². The van der Waals surface area contributed by atoms with Crippen LogP contribution in [-0.2, 0) is 10.0 Å². The number of nitrogens with one attached hydrogen (secondary N) is 1. The Morgan fingerprint density at radius 1 is 1.35 bits per heavy atom. The zero-order valence-electron chi connectivity index (χ0n) is 11.7. The van der Waals surface area contributed by atoms with Crippen LogP contribution in [0.25, 0.3) is 0 Å². The maximum Gasteiger partial charge on any atom is 0.304 e. The molecule has 0 aromatic carbocycles. The third-order valence-corrected chi connectivity index (χ3v) is 6.30. The fourth-order valence-corrected chi connectivity index (χ4v) is 4.64. The zero-order chi connectivity index (χ0) is 15.3. The maximum absolute atomic E-state index is 12.3. The maximum atomic E-state index is 12.3. The average Bonchev–Trinajstić information content (AvgIpc) is 2.82. The molecule has 0 radical (unpaired) electrons. The molecule has 0 aliphatic rings. The molecule has 0 amide bonds. The van der Waals surface area contributed by atoms with Crippen LogP contribution < -0.4 is 5.32 Å². The minimum atomic E-state index is -3.65. The first-order chi connectivity index (χ1) is 9.38. The van der Waals surface area contributed by atoms with Gasteiger partial charge in [0.05, 0.1) is 4.92 Å². The lowest BCUT2D eigenvalue weighted by atomic mass is 10.4. The Kier molecular flexibility index (Phi) is 5.90. The highest BCUT2D eigenvalue weighted by Gasteiger charge is 2.29. The van der Waals surface area contributed by atoms with Gasteiger partial charge in [0.2, 0.25) is 0 Å². The van der Waals surface area contributed by atoms with Crippen LogP contribution in [0.5, 0.6) is 0 Å². The fraction of sp³-hybridized carbons (Fsp3) is 0.636. The fourth-order valence-electron chi connectivity index (χ4n) is 1.68. The molecule has 0 saturated heterocycles. The van der Waals surface area contributed by atoms with Gasteiger partial charge in [-0.2, -0.15) is 4.31 Å². The van der Waals surface area contributed by atoms with E-state index in [9.17, 15) is 18.5 Å². The van der Waals surface area contributed by atoms with E-state index in [0.717, 1.165) is 23.8 Å². The van der Waals surface area contributed by atoms with Gasteiger partial charge in [0.15, 0.2) is 5.00 Å². The normalized spacial score (nSPS) is 11.8. The predicted octanol–water partition coefficient (Wildman–Crippen LogP) is 2.51. The predicted molar refractivity (Wildman–Crippen MR) is 79.9 cm³/mol. The van der Waals surface area contributed by atoms with E-state index in [1.54, 1.807) is 13.8 Å². The third-order valence-electron chi connectivity index (χ3n) is 2.72. The number of thiophene rings is 1. The van der Waals surface area contributed by atoms with Crippen LogP contribution in [0.2, 0.25) is 0 Å². The second-order valence-electron chi connectivity index (χ2n) is 4.05. The molecule has 9 heteroatoms. The summed E-state index contributed by atoms with van der Waals surface area (Å²) in [6.45, 7) is 6.63. The third kappa shape index (κ3) is 3.47. The van der Waals surface area contributed by atoms with Gasteiger partial charge in [-0.25, -0.2) is 8.42 Å². The number of sulfonamides is 1. The van der Waals surface area contributed by atoms with Crippen LogP contribution in [0.3, 0.4) is 0 Å². The van der Waals surface area contributed by atoms with Gasteiger partial charge in [0.1, 0.15) is 4.21 Å². The van der Waals surface area contributed by atoms with E-state index in [1.165, 1.54) is 4.31 Å². The van der Waals surface area contributed by atoms with E-state index in [-0.39, 0.29) is 9.90 Å². The topological polar surface area (TPSA) is 92.6 Å². The molecule has 1 N–H and O–H groups in total. The van der Waals surface area contributed by atoms with Gasteiger partial charge >= 0.3 is 5.69 Å². The van der Waals surface area contributed by atoms with Crippen molar-refractivity contribution in [3.8, 4) is 0 Å². The van der Waals surface area contributed by atoms with Crippen LogP contribution in [-0.4, -0.2) is 37.3 Å². The van der Waals surface area contributed by atoms with Gasteiger partial charge in [0.25, 0.3) is 10.0 Å². The monoisotopic (exact) mass is 321 g/mol. The SMILES string of the molecule is CCCNc1sc(S(=O)(=O)N(CC)CC)cc1[N+](=O)[O-]. The summed E-state index contributed by atoms with van der Waals surface area (Å²) in [5.41, 5.74) is -0.186. The first-order valence-electron chi connectivity index (χ1n) is 6.40. The summed E-state index contributed by atoms with van der Waals surface area (Å²) in [5, 5.41) is 14.2. The van der Waals surface area contributed by atoms with Crippen molar-refractivity contribution in [1.82, 2.24) is 4.31 Å². The standard InChI is InChI=1S/C11H19N3O4S2/c1-4-7-12-11-9(14(15)16)8-10(19-11)20(17,18)13(5-2)6-3/h8,12H,4-7H2,1-3H3. The molecular weight excluding hydrogens is 302 g/mol. The van der Waals surface area contributed by atoms with E-state index >= 15 is 0 Å². The second-order valence-corrected chi connectivity index (χ2v) is 7.27. The zero-order valence-corrected chi connectivity index (χ0v) is 13.4. The molecule has 0 saturated carbocycles. The molecule has 1 heterocycles. The summed E-state index contributed by atoms with van der Waals surface area (Å²) in [5.74, 6) is 0. The molecule has 20 heavy (non-hydrogen) atoms.